The summed E-state index contributed by atoms with van der Waals surface area (Å²) in [5.41, 5.74) is 0.120. The van der Waals surface area contributed by atoms with Crippen LogP contribution in [-0.4, -0.2) is 11.1 Å². The van der Waals surface area contributed by atoms with Gasteiger partial charge in [-0.25, -0.2) is 4.79 Å². The number of alkyl halides is 3. The molecule has 2 aromatic carbocycles. The van der Waals surface area contributed by atoms with E-state index < -0.39 is 17.7 Å². The average Bonchev–Trinajstić information content (AvgIpc) is 2.36. The van der Waals surface area contributed by atoms with Crippen LogP contribution in [0.15, 0.2) is 40.9 Å². The number of halogens is 4. The molecule has 0 aliphatic rings. The molecule has 0 aliphatic carbocycles. The molecule has 0 aliphatic heterocycles. The highest BCUT2D eigenvalue weighted by atomic mass is 79.9. The summed E-state index contributed by atoms with van der Waals surface area (Å²) in [5, 5.41) is 8.91. The van der Waals surface area contributed by atoms with Gasteiger partial charge in [-0.05, 0) is 41.8 Å². The topological polar surface area (TPSA) is 37.3 Å². The van der Waals surface area contributed by atoms with Crippen molar-refractivity contribution in [2.45, 2.75) is 13.1 Å². The number of hydrogen-bond donors (Lipinski definition) is 1. The van der Waals surface area contributed by atoms with Gasteiger partial charge in [-0.3, -0.25) is 0 Å². The van der Waals surface area contributed by atoms with Crippen LogP contribution < -0.4 is 0 Å². The van der Waals surface area contributed by atoms with Crippen molar-refractivity contribution < 1.29 is 23.1 Å². The summed E-state index contributed by atoms with van der Waals surface area (Å²) >= 11 is 2.93. The highest BCUT2D eigenvalue weighted by molar-refractivity contribution is 9.10. The zero-order valence-corrected chi connectivity index (χ0v) is 12.4. The van der Waals surface area contributed by atoms with Gasteiger partial charge in [0, 0.05) is 4.47 Å². The van der Waals surface area contributed by atoms with E-state index in [0.29, 0.717) is 11.1 Å². The lowest BCUT2D eigenvalue weighted by Crippen LogP contribution is -2.09. The monoisotopic (exact) mass is 358 g/mol. The first-order chi connectivity index (χ1) is 9.71. The standard InChI is InChI=1S/C15H10BrF3O2/c1-8-7-9(14(20)21)5-6-10(8)11-3-2-4-12(16)13(11)15(17,18)19/h2-7H,1H3,(H,20,21). The molecule has 2 aromatic rings. The maximum absolute atomic E-state index is 13.2. The van der Waals surface area contributed by atoms with Crippen LogP contribution in [0, 0.1) is 6.92 Å². The largest absolute Gasteiger partial charge is 0.478 e. The maximum Gasteiger partial charge on any atom is 0.418 e. The van der Waals surface area contributed by atoms with Crippen molar-refractivity contribution in [1.82, 2.24) is 0 Å². The fourth-order valence-corrected chi connectivity index (χ4v) is 2.73. The zero-order valence-electron chi connectivity index (χ0n) is 10.8. The minimum atomic E-state index is -4.51. The van der Waals surface area contributed by atoms with Crippen molar-refractivity contribution in [2.24, 2.45) is 0 Å². The Balaban J connectivity index is 2.68. The van der Waals surface area contributed by atoms with Gasteiger partial charge in [-0.15, -0.1) is 0 Å². The lowest BCUT2D eigenvalue weighted by Gasteiger charge is -2.16. The quantitative estimate of drug-likeness (QED) is 0.806. The number of benzene rings is 2. The molecule has 0 saturated heterocycles. The second kappa shape index (κ2) is 5.52. The van der Waals surface area contributed by atoms with Crippen molar-refractivity contribution in [1.29, 1.82) is 0 Å². The molecule has 0 saturated carbocycles. The summed E-state index contributed by atoms with van der Waals surface area (Å²) in [6.07, 6.45) is -4.51. The Morgan fingerprint density at radius 2 is 1.81 bits per heavy atom. The minimum Gasteiger partial charge on any atom is -0.478 e. The molecule has 0 spiro atoms. The van der Waals surface area contributed by atoms with Crippen molar-refractivity contribution >= 4 is 21.9 Å². The van der Waals surface area contributed by atoms with Gasteiger partial charge in [0.15, 0.2) is 0 Å². The van der Waals surface area contributed by atoms with Crippen molar-refractivity contribution in [2.75, 3.05) is 0 Å². The lowest BCUT2D eigenvalue weighted by molar-refractivity contribution is -0.137. The molecule has 0 bridgehead atoms. The highest BCUT2D eigenvalue weighted by Gasteiger charge is 2.36. The Morgan fingerprint density at radius 1 is 1.14 bits per heavy atom. The summed E-state index contributed by atoms with van der Waals surface area (Å²) in [6.45, 7) is 1.59. The third-order valence-electron chi connectivity index (χ3n) is 3.06. The van der Waals surface area contributed by atoms with Crippen molar-refractivity contribution in [3.8, 4) is 11.1 Å². The fourth-order valence-electron chi connectivity index (χ4n) is 2.14. The normalized spacial score (nSPS) is 11.5. The second-order valence-corrected chi connectivity index (χ2v) is 5.35. The Morgan fingerprint density at radius 3 is 2.33 bits per heavy atom. The fraction of sp³-hybridized carbons (Fsp3) is 0.133. The van der Waals surface area contributed by atoms with Crippen LogP contribution in [0.2, 0.25) is 0 Å². The lowest BCUT2D eigenvalue weighted by atomic mass is 9.94. The summed E-state index contributed by atoms with van der Waals surface area (Å²) in [4.78, 5) is 10.9. The van der Waals surface area contributed by atoms with E-state index in [-0.39, 0.29) is 15.6 Å². The molecule has 0 atom stereocenters. The summed E-state index contributed by atoms with van der Waals surface area (Å²) in [5.74, 6) is -1.12. The molecule has 0 heterocycles. The number of hydrogen-bond acceptors (Lipinski definition) is 1. The second-order valence-electron chi connectivity index (χ2n) is 4.50. The molecule has 0 amide bonds. The molecule has 21 heavy (non-hydrogen) atoms. The predicted molar refractivity (Wildman–Crippen MR) is 76.3 cm³/mol. The number of aromatic carboxylic acids is 1. The SMILES string of the molecule is Cc1cc(C(=O)O)ccc1-c1cccc(Br)c1C(F)(F)F. The van der Waals surface area contributed by atoms with E-state index in [1.54, 1.807) is 6.92 Å². The maximum atomic E-state index is 13.2. The van der Waals surface area contributed by atoms with E-state index >= 15 is 0 Å². The molecule has 0 radical (unpaired) electrons. The van der Waals surface area contributed by atoms with Crippen LogP contribution in [0.5, 0.6) is 0 Å². The molecule has 110 valence electrons. The summed E-state index contributed by atoms with van der Waals surface area (Å²) < 4.78 is 39.6. The summed E-state index contributed by atoms with van der Waals surface area (Å²) in [7, 11) is 0. The van der Waals surface area contributed by atoms with Gasteiger partial charge in [0.2, 0.25) is 0 Å². The minimum absolute atomic E-state index is 0.0197. The van der Waals surface area contributed by atoms with Gasteiger partial charge < -0.3 is 5.11 Å². The van der Waals surface area contributed by atoms with Gasteiger partial charge in [-0.1, -0.05) is 34.1 Å². The number of carboxylic acids is 1. The Hall–Kier alpha value is -1.82. The molecule has 2 rings (SSSR count). The first-order valence-corrected chi connectivity index (χ1v) is 6.71. The van der Waals surface area contributed by atoms with Crippen LogP contribution >= 0.6 is 15.9 Å². The molecular weight excluding hydrogens is 349 g/mol. The average molecular weight is 359 g/mol. The van der Waals surface area contributed by atoms with Crippen LogP contribution in [0.3, 0.4) is 0 Å². The third-order valence-corrected chi connectivity index (χ3v) is 3.72. The van der Waals surface area contributed by atoms with Gasteiger partial charge in [0.25, 0.3) is 0 Å². The van der Waals surface area contributed by atoms with Gasteiger partial charge >= 0.3 is 12.1 Å². The first kappa shape index (κ1) is 15.6. The van der Waals surface area contributed by atoms with E-state index in [1.807, 2.05) is 0 Å². The van der Waals surface area contributed by atoms with E-state index in [9.17, 15) is 18.0 Å². The molecule has 0 unspecified atom stereocenters. The Kier molecular flexibility index (Phi) is 4.09. The number of carboxylic acid groups (broad SMARTS) is 1. The third kappa shape index (κ3) is 3.10. The van der Waals surface area contributed by atoms with E-state index in [0.717, 1.165) is 0 Å². The molecule has 0 fully saturated rings. The number of aryl methyl sites for hydroxylation is 1. The smallest absolute Gasteiger partial charge is 0.418 e. The van der Waals surface area contributed by atoms with Gasteiger partial charge in [0.05, 0.1) is 11.1 Å². The van der Waals surface area contributed by atoms with Crippen LogP contribution in [-0.2, 0) is 6.18 Å². The highest BCUT2D eigenvalue weighted by Crippen LogP contribution is 2.42. The van der Waals surface area contributed by atoms with E-state index in [4.69, 9.17) is 5.11 Å². The molecule has 1 N–H and O–H groups in total. The number of carbonyl (C=O) groups is 1. The molecule has 2 nitrogen and oxygen atoms in total. The molecular formula is C15H10BrF3O2. The van der Waals surface area contributed by atoms with Crippen LogP contribution in [0.1, 0.15) is 21.5 Å². The summed E-state index contributed by atoms with van der Waals surface area (Å²) in [6, 6.07) is 8.27. The first-order valence-electron chi connectivity index (χ1n) is 5.92. The van der Waals surface area contributed by atoms with Crippen molar-refractivity contribution in [3.05, 3.63) is 57.6 Å². The number of rotatable bonds is 2. The molecule has 6 heteroatoms. The Labute approximate surface area is 127 Å². The zero-order chi connectivity index (χ0) is 15.8. The van der Waals surface area contributed by atoms with Crippen LogP contribution in [0.4, 0.5) is 13.2 Å². The van der Waals surface area contributed by atoms with E-state index in [1.165, 1.54) is 36.4 Å². The van der Waals surface area contributed by atoms with Gasteiger partial charge in [0.1, 0.15) is 0 Å². The Bertz CT molecular complexity index is 709. The predicted octanol–water partition coefficient (Wildman–Crippen LogP) is 5.14. The van der Waals surface area contributed by atoms with Crippen LogP contribution in [0.25, 0.3) is 11.1 Å². The van der Waals surface area contributed by atoms with E-state index in [2.05, 4.69) is 15.9 Å². The molecule has 0 aromatic heterocycles. The van der Waals surface area contributed by atoms with Gasteiger partial charge in [-0.2, -0.15) is 13.2 Å². The van der Waals surface area contributed by atoms with Crippen molar-refractivity contribution in [3.63, 3.8) is 0 Å².